The van der Waals surface area contributed by atoms with Crippen molar-refractivity contribution in [3.05, 3.63) is 59.1 Å². The summed E-state index contributed by atoms with van der Waals surface area (Å²) in [4.78, 5) is 27.1. The lowest BCUT2D eigenvalue weighted by molar-refractivity contribution is -0.121. The first-order chi connectivity index (χ1) is 14.1. The highest BCUT2D eigenvalue weighted by molar-refractivity contribution is 6.30. The van der Waals surface area contributed by atoms with E-state index in [4.69, 9.17) is 21.1 Å². The molecular formula is C22H25ClN2O4. The predicted octanol–water partition coefficient (Wildman–Crippen LogP) is 3.86. The molecule has 1 atom stereocenters. The monoisotopic (exact) mass is 416 g/mol. The Kier molecular flexibility index (Phi) is 7.49. The maximum Gasteiger partial charge on any atom is 0.253 e. The van der Waals surface area contributed by atoms with E-state index in [-0.39, 0.29) is 17.7 Å². The molecule has 0 aromatic heterocycles. The summed E-state index contributed by atoms with van der Waals surface area (Å²) in [7, 11) is 1.62. The first-order valence-corrected chi connectivity index (χ1v) is 10.0. The molecule has 1 saturated heterocycles. The maximum absolute atomic E-state index is 12.7. The molecule has 1 unspecified atom stereocenters. The van der Waals surface area contributed by atoms with Crippen LogP contribution in [0.15, 0.2) is 48.5 Å². The number of hydrogen-bond acceptors (Lipinski definition) is 4. The zero-order valence-electron chi connectivity index (χ0n) is 16.4. The predicted molar refractivity (Wildman–Crippen MR) is 113 cm³/mol. The van der Waals surface area contributed by atoms with Crippen LogP contribution in [0.5, 0.6) is 5.75 Å². The van der Waals surface area contributed by atoms with Crippen molar-refractivity contribution in [2.45, 2.75) is 12.8 Å². The number of carbonyl (C=O) groups excluding carboxylic acids is 2. The van der Waals surface area contributed by atoms with E-state index in [2.05, 4.69) is 5.32 Å². The van der Waals surface area contributed by atoms with E-state index in [1.54, 1.807) is 48.4 Å². The topological polar surface area (TPSA) is 67.9 Å². The van der Waals surface area contributed by atoms with Crippen LogP contribution in [0.1, 0.15) is 23.2 Å². The lowest BCUT2D eigenvalue weighted by atomic mass is 9.96. The van der Waals surface area contributed by atoms with Gasteiger partial charge in [0.2, 0.25) is 5.91 Å². The van der Waals surface area contributed by atoms with E-state index in [1.807, 2.05) is 12.1 Å². The summed E-state index contributed by atoms with van der Waals surface area (Å²) in [5.41, 5.74) is 1.29. The fraction of sp³-hybridized carbons (Fsp3) is 0.364. The van der Waals surface area contributed by atoms with Crippen molar-refractivity contribution in [3.63, 3.8) is 0 Å². The minimum Gasteiger partial charge on any atom is -0.491 e. The number of methoxy groups -OCH3 is 1. The lowest BCUT2D eigenvalue weighted by Gasteiger charge is -2.32. The third-order valence-electron chi connectivity index (χ3n) is 4.85. The van der Waals surface area contributed by atoms with Crippen molar-refractivity contribution in [1.29, 1.82) is 0 Å². The normalized spacial score (nSPS) is 16.3. The Labute approximate surface area is 175 Å². The van der Waals surface area contributed by atoms with Crippen molar-refractivity contribution in [2.24, 2.45) is 5.92 Å². The third-order valence-corrected chi connectivity index (χ3v) is 5.10. The van der Waals surface area contributed by atoms with E-state index in [0.717, 1.165) is 18.6 Å². The van der Waals surface area contributed by atoms with Crippen LogP contribution in [-0.4, -0.2) is 50.1 Å². The van der Waals surface area contributed by atoms with Gasteiger partial charge in [-0.25, -0.2) is 0 Å². The third kappa shape index (κ3) is 5.95. The molecular weight excluding hydrogens is 392 g/mol. The molecule has 7 heteroatoms. The van der Waals surface area contributed by atoms with Gasteiger partial charge in [0.1, 0.15) is 12.4 Å². The van der Waals surface area contributed by atoms with Gasteiger partial charge in [-0.2, -0.15) is 0 Å². The molecule has 1 fully saturated rings. The molecule has 0 bridgehead atoms. The maximum atomic E-state index is 12.7. The molecule has 1 aliphatic heterocycles. The average molecular weight is 417 g/mol. The van der Waals surface area contributed by atoms with Gasteiger partial charge in [-0.1, -0.05) is 11.6 Å². The number of likely N-dealkylation sites (tertiary alicyclic amines) is 1. The van der Waals surface area contributed by atoms with Gasteiger partial charge in [0, 0.05) is 36.5 Å². The van der Waals surface area contributed by atoms with Crippen LogP contribution in [-0.2, 0) is 9.53 Å². The number of anilines is 1. The Bertz CT molecular complexity index is 824. The van der Waals surface area contributed by atoms with Gasteiger partial charge in [0.25, 0.3) is 5.91 Å². The molecule has 0 spiro atoms. The molecule has 2 aromatic carbocycles. The number of nitrogens with one attached hydrogen (secondary N) is 1. The number of carbonyl (C=O) groups is 2. The summed E-state index contributed by atoms with van der Waals surface area (Å²) in [5, 5.41) is 3.53. The Morgan fingerprint density at radius 3 is 2.52 bits per heavy atom. The zero-order chi connectivity index (χ0) is 20.6. The number of benzene rings is 2. The van der Waals surface area contributed by atoms with Crippen LogP contribution >= 0.6 is 11.6 Å². The van der Waals surface area contributed by atoms with Gasteiger partial charge in [-0.05, 0) is 61.4 Å². The van der Waals surface area contributed by atoms with Gasteiger partial charge in [0.15, 0.2) is 0 Å². The van der Waals surface area contributed by atoms with Crippen LogP contribution in [0.25, 0.3) is 0 Å². The summed E-state index contributed by atoms with van der Waals surface area (Å²) in [6.07, 6.45) is 1.55. The molecule has 1 N–H and O–H groups in total. The fourth-order valence-electron chi connectivity index (χ4n) is 3.27. The Morgan fingerprint density at radius 1 is 1.10 bits per heavy atom. The molecule has 2 amide bonds. The van der Waals surface area contributed by atoms with E-state index in [0.29, 0.717) is 42.6 Å². The van der Waals surface area contributed by atoms with Gasteiger partial charge in [0.05, 0.1) is 12.5 Å². The summed E-state index contributed by atoms with van der Waals surface area (Å²) in [6, 6.07) is 14.1. The second kappa shape index (κ2) is 10.3. The number of halogens is 1. The summed E-state index contributed by atoms with van der Waals surface area (Å²) >= 11 is 5.89. The Morgan fingerprint density at radius 2 is 1.83 bits per heavy atom. The number of amides is 2. The smallest absolute Gasteiger partial charge is 0.253 e. The van der Waals surface area contributed by atoms with Crippen molar-refractivity contribution in [2.75, 3.05) is 38.7 Å². The zero-order valence-corrected chi connectivity index (χ0v) is 17.2. The van der Waals surface area contributed by atoms with Gasteiger partial charge < -0.3 is 19.7 Å². The number of nitrogens with zero attached hydrogens (tertiary/aromatic N) is 1. The summed E-state index contributed by atoms with van der Waals surface area (Å²) in [5.74, 6) is 0.332. The van der Waals surface area contributed by atoms with Gasteiger partial charge in [-0.3, -0.25) is 9.59 Å². The molecule has 6 nitrogen and oxygen atoms in total. The Hall–Kier alpha value is -2.57. The molecule has 29 heavy (non-hydrogen) atoms. The van der Waals surface area contributed by atoms with Crippen LogP contribution in [0.2, 0.25) is 5.02 Å². The molecule has 0 radical (unpaired) electrons. The van der Waals surface area contributed by atoms with Crippen molar-refractivity contribution in [1.82, 2.24) is 4.90 Å². The average Bonchev–Trinajstić information content (AvgIpc) is 2.75. The van der Waals surface area contributed by atoms with E-state index >= 15 is 0 Å². The highest BCUT2D eigenvalue weighted by Gasteiger charge is 2.29. The molecule has 2 aromatic rings. The molecule has 154 valence electrons. The number of rotatable bonds is 7. The standard InChI is InChI=1S/C22H25ClN2O4/c1-28-13-14-29-20-10-8-19(9-11-20)24-21(26)17-3-2-12-25(15-17)22(27)16-4-6-18(23)7-5-16/h4-11,17H,2-3,12-15H2,1H3,(H,24,26). The lowest BCUT2D eigenvalue weighted by Crippen LogP contribution is -2.43. The first-order valence-electron chi connectivity index (χ1n) is 9.64. The number of hydrogen-bond donors (Lipinski definition) is 1. The van der Waals surface area contributed by atoms with Crippen molar-refractivity contribution < 1.29 is 19.1 Å². The van der Waals surface area contributed by atoms with Crippen LogP contribution in [0.4, 0.5) is 5.69 Å². The van der Waals surface area contributed by atoms with E-state index in [9.17, 15) is 9.59 Å². The second-order valence-electron chi connectivity index (χ2n) is 6.95. The summed E-state index contributed by atoms with van der Waals surface area (Å²) in [6.45, 7) is 2.05. The van der Waals surface area contributed by atoms with Gasteiger partial charge in [-0.15, -0.1) is 0 Å². The molecule has 1 heterocycles. The highest BCUT2D eigenvalue weighted by atomic mass is 35.5. The second-order valence-corrected chi connectivity index (χ2v) is 7.39. The molecule has 1 aliphatic rings. The summed E-state index contributed by atoms with van der Waals surface area (Å²) < 4.78 is 10.5. The highest BCUT2D eigenvalue weighted by Crippen LogP contribution is 2.22. The SMILES string of the molecule is COCCOc1ccc(NC(=O)C2CCCN(C(=O)c3ccc(Cl)cc3)C2)cc1. The molecule has 0 aliphatic carbocycles. The minimum absolute atomic E-state index is 0.0725. The van der Waals surface area contributed by atoms with Crippen LogP contribution in [0, 0.1) is 5.92 Å². The number of piperidine rings is 1. The fourth-order valence-corrected chi connectivity index (χ4v) is 3.40. The Balaban J connectivity index is 1.55. The van der Waals surface area contributed by atoms with Gasteiger partial charge >= 0.3 is 0 Å². The van der Waals surface area contributed by atoms with Crippen molar-refractivity contribution >= 4 is 29.1 Å². The van der Waals surface area contributed by atoms with Crippen LogP contribution in [0.3, 0.4) is 0 Å². The van der Waals surface area contributed by atoms with Crippen molar-refractivity contribution in [3.8, 4) is 5.75 Å². The molecule has 0 saturated carbocycles. The quantitative estimate of drug-likeness (QED) is 0.696. The first kappa shape index (κ1) is 21.1. The van der Waals surface area contributed by atoms with E-state index < -0.39 is 0 Å². The molecule has 3 rings (SSSR count). The number of ether oxygens (including phenoxy) is 2. The van der Waals surface area contributed by atoms with E-state index in [1.165, 1.54) is 0 Å². The largest absolute Gasteiger partial charge is 0.491 e. The van der Waals surface area contributed by atoms with Crippen LogP contribution < -0.4 is 10.1 Å². The minimum atomic E-state index is -0.238.